The number of ketones is 1. The monoisotopic (exact) mass is 305 g/mol. The Morgan fingerprint density at radius 3 is 2.48 bits per heavy atom. The van der Waals surface area contributed by atoms with Crippen molar-refractivity contribution in [3.63, 3.8) is 0 Å². The van der Waals surface area contributed by atoms with E-state index < -0.39 is 0 Å². The van der Waals surface area contributed by atoms with Gasteiger partial charge in [0, 0.05) is 18.3 Å². The fourth-order valence-electron chi connectivity index (χ4n) is 1.57. The summed E-state index contributed by atoms with van der Waals surface area (Å²) in [6, 6.07) is 6.74. The molecule has 110 valence electrons. The van der Waals surface area contributed by atoms with Gasteiger partial charge in [0.05, 0.1) is 5.75 Å². The van der Waals surface area contributed by atoms with E-state index >= 15 is 0 Å². The number of nitrogens with two attached hydrogens (primary N) is 1. The molecule has 1 aromatic heterocycles. The molecule has 0 unspecified atom stereocenters. The Hall–Kier alpha value is -2.35. The summed E-state index contributed by atoms with van der Waals surface area (Å²) in [5.41, 5.74) is 6.81. The van der Waals surface area contributed by atoms with Crippen LogP contribution in [0.2, 0.25) is 0 Å². The first-order valence-corrected chi connectivity index (χ1v) is 7.14. The van der Waals surface area contributed by atoms with Crippen molar-refractivity contribution in [3.8, 4) is 0 Å². The Kier molecular flexibility index (Phi) is 4.59. The SMILES string of the molecule is CC(=O)c1ccc(NC(=O)CSc2nnc(N)n2C)cc1. The summed E-state index contributed by atoms with van der Waals surface area (Å²) in [6.07, 6.45) is 0. The number of Topliss-reactive ketones (excluding diaryl/α,β-unsaturated/α-hetero) is 1. The highest BCUT2D eigenvalue weighted by Gasteiger charge is 2.09. The van der Waals surface area contributed by atoms with E-state index in [1.165, 1.54) is 18.7 Å². The molecule has 1 amide bonds. The summed E-state index contributed by atoms with van der Waals surface area (Å²) in [7, 11) is 1.73. The van der Waals surface area contributed by atoms with Crippen LogP contribution in [0.25, 0.3) is 0 Å². The van der Waals surface area contributed by atoms with Gasteiger partial charge in [-0.1, -0.05) is 11.8 Å². The van der Waals surface area contributed by atoms with Crippen LogP contribution in [-0.2, 0) is 11.8 Å². The molecule has 2 rings (SSSR count). The third-order valence-corrected chi connectivity index (χ3v) is 3.80. The van der Waals surface area contributed by atoms with Crippen LogP contribution >= 0.6 is 11.8 Å². The highest BCUT2D eigenvalue weighted by Crippen LogP contribution is 2.17. The summed E-state index contributed by atoms with van der Waals surface area (Å²) in [6.45, 7) is 1.50. The molecule has 0 spiro atoms. The van der Waals surface area contributed by atoms with Crippen molar-refractivity contribution >= 4 is 35.1 Å². The van der Waals surface area contributed by atoms with Crippen LogP contribution in [-0.4, -0.2) is 32.2 Å². The topological polar surface area (TPSA) is 103 Å². The van der Waals surface area contributed by atoms with Gasteiger partial charge in [0.1, 0.15) is 0 Å². The molecule has 0 radical (unpaired) electrons. The number of carbonyl (C=O) groups excluding carboxylic acids is 2. The van der Waals surface area contributed by atoms with Gasteiger partial charge in [-0.25, -0.2) is 0 Å². The van der Waals surface area contributed by atoms with E-state index in [1.54, 1.807) is 35.9 Å². The Bertz CT molecular complexity index is 666. The second kappa shape index (κ2) is 6.40. The third kappa shape index (κ3) is 3.82. The van der Waals surface area contributed by atoms with E-state index in [4.69, 9.17) is 5.73 Å². The second-order valence-corrected chi connectivity index (χ2v) is 5.31. The van der Waals surface area contributed by atoms with Gasteiger partial charge >= 0.3 is 0 Å². The molecule has 0 aliphatic rings. The molecule has 0 aliphatic carbocycles. The molecule has 1 aromatic carbocycles. The largest absolute Gasteiger partial charge is 0.368 e. The van der Waals surface area contributed by atoms with Gasteiger partial charge in [-0.2, -0.15) is 0 Å². The van der Waals surface area contributed by atoms with Crippen molar-refractivity contribution in [1.29, 1.82) is 0 Å². The number of aromatic nitrogens is 3. The Balaban J connectivity index is 1.89. The maximum atomic E-state index is 11.8. The maximum Gasteiger partial charge on any atom is 0.234 e. The van der Waals surface area contributed by atoms with Crippen LogP contribution in [0.15, 0.2) is 29.4 Å². The Morgan fingerprint density at radius 1 is 1.29 bits per heavy atom. The lowest BCUT2D eigenvalue weighted by Gasteiger charge is -2.05. The Morgan fingerprint density at radius 2 is 1.95 bits per heavy atom. The summed E-state index contributed by atoms with van der Waals surface area (Å²) < 4.78 is 1.61. The fourth-order valence-corrected chi connectivity index (χ4v) is 2.29. The number of nitrogen functional groups attached to an aromatic ring is 1. The number of hydrogen-bond acceptors (Lipinski definition) is 6. The molecule has 1 heterocycles. The lowest BCUT2D eigenvalue weighted by atomic mass is 10.1. The summed E-state index contributed by atoms with van der Waals surface area (Å²) in [4.78, 5) is 23.0. The number of rotatable bonds is 5. The van der Waals surface area contributed by atoms with Gasteiger partial charge in [0.15, 0.2) is 10.9 Å². The average molecular weight is 305 g/mol. The molecule has 0 saturated heterocycles. The molecule has 0 atom stereocenters. The highest BCUT2D eigenvalue weighted by atomic mass is 32.2. The minimum Gasteiger partial charge on any atom is -0.368 e. The quantitative estimate of drug-likeness (QED) is 0.638. The summed E-state index contributed by atoms with van der Waals surface area (Å²) in [5.74, 6) is 0.318. The normalized spacial score (nSPS) is 10.4. The lowest BCUT2D eigenvalue weighted by Crippen LogP contribution is -2.14. The van der Waals surface area contributed by atoms with Crippen LogP contribution in [0.1, 0.15) is 17.3 Å². The van der Waals surface area contributed by atoms with Crippen molar-refractivity contribution in [3.05, 3.63) is 29.8 Å². The van der Waals surface area contributed by atoms with Crippen LogP contribution in [0.4, 0.5) is 11.6 Å². The number of thioether (sulfide) groups is 1. The van der Waals surface area contributed by atoms with E-state index in [9.17, 15) is 9.59 Å². The smallest absolute Gasteiger partial charge is 0.234 e. The third-order valence-electron chi connectivity index (χ3n) is 2.78. The fraction of sp³-hybridized carbons (Fsp3) is 0.231. The van der Waals surface area contributed by atoms with Gasteiger partial charge in [0.25, 0.3) is 0 Å². The van der Waals surface area contributed by atoms with Crippen molar-refractivity contribution in [1.82, 2.24) is 14.8 Å². The van der Waals surface area contributed by atoms with Crippen LogP contribution in [0.5, 0.6) is 0 Å². The molecule has 7 nitrogen and oxygen atoms in total. The van der Waals surface area contributed by atoms with Gasteiger partial charge in [-0.3, -0.25) is 14.2 Å². The predicted molar refractivity (Wildman–Crippen MR) is 81.2 cm³/mol. The van der Waals surface area contributed by atoms with Gasteiger partial charge in [0.2, 0.25) is 11.9 Å². The van der Waals surface area contributed by atoms with Gasteiger partial charge < -0.3 is 11.1 Å². The zero-order valence-corrected chi connectivity index (χ0v) is 12.5. The standard InChI is InChI=1S/C13H15N5O2S/c1-8(19)9-3-5-10(6-4-9)15-11(20)7-21-13-17-16-12(14)18(13)2/h3-6H,7H2,1-2H3,(H2,14,16)(H,15,20). The van der Waals surface area contributed by atoms with E-state index in [-0.39, 0.29) is 17.4 Å². The molecule has 0 fully saturated rings. The molecule has 8 heteroatoms. The van der Waals surface area contributed by atoms with Gasteiger partial charge in [-0.15, -0.1) is 10.2 Å². The van der Waals surface area contributed by atoms with Crippen LogP contribution in [0, 0.1) is 0 Å². The molecule has 21 heavy (non-hydrogen) atoms. The van der Waals surface area contributed by atoms with Crippen molar-refractivity contribution in [2.75, 3.05) is 16.8 Å². The molecule has 2 aromatic rings. The Labute approximate surface area is 125 Å². The first-order valence-electron chi connectivity index (χ1n) is 6.16. The van der Waals surface area contributed by atoms with E-state index in [1.807, 2.05) is 0 Å². The number of amides is 1. The predicted octanol–water partition coefficient (Wildman–Crippen LogP) is 1.33. The lowest BCUT2D eigenvalue weighted by molar-refractivity contribution is -0.113. The van der Waals surface area contributed by atoms with E-state index in [0.717, 1.165) is 0 Å². The zero-order chi connectivity index (χ0) is 15.4. The zero-order valence-electron chi connectivity index (χ0n) is 11.7. The molecular weight excluding hydrogens is 290 g/mol. The molecule has 0 aliphatic heterocycles. The molecule has 3 N–H and O–H groups in total. The first-order chi connectivity index (χ1) is 9.97. The number of nitrogens with zero attached hydrogens (tertiary/aromatic N) is 3. The number of nitrogens with one attached hydrogen (secondary N) is 1. The second-order valence-electron chi connectivity index (χ2n) is 4.37. The molecule has 0 bridgehead atoms. The van der Waals surface area contributed by atoms with Crippen LogP contribution in [0.3, 0.4) is 0 Å². The maximum absolute atomic E-state index is 11.8. The van der Waals surface area contributed by atoms with E-state index in [0.29, 0.717) is 22.4 Å². The summed E-state index contributed by atoms with van der Waals surface area (Å²) in [5, 5.41) is 10.9. The van der Waals surface area contributed by atoms with Crippen molar-refractivity contribution in [2.45, 2.75) is 12.1 Å². The first kappa shape index (κ1) is 15.0. The number of benzene rings is 1. The van der Waals surface area contributed by atoms with Crippen molar-refractivity contribution in [2.24, 2.45) is 7.05 Å². The minimum absolute atomic E-state index is 0.0108. The van der Waals surface area contributed by atoms with E-state index in [2.05, 4.69) is 15.5 Å². The average Bonchev–Trinajstić information content (AvgIpc) is 2.77. The number of anilines is 2. The molecule has 0 saturated carbocycles. The minimum atomic E-state index is -0.169. The highest BCUT2D eigenvalue weighted by molar-refractivity contribution is 7.99. The molecular formula is C13H15N5O2S. The number of hydrogen-bond donors (Lipinski definition) is 2. The van der Waals surface area contributed by atoms with Crippen molar-refractivity contribution < 1.29 is 9.59 Å². The van der Waals surface area contributed by atoms with Gasteiger partial charge in [-0.05, 0) is 31.2 Å². The number of carbonyl (C=O) groups is 2. The summed E-state index contributed by atoms with van der Waals surface area (Å²) >= 11 is 1.25. The van der Waals surface area contributed by atoms with Crippen LogP contribution < -0.4 is 11.1 Å².